The van der Waals surface area contributed by atoms with Crippen molar-refractivity contribution in [1.29, 1.82) is 0 Å². The van der Waals surface area contributed by atoms with Crippen LogP contribution in [0.4, 0.5) is 0 Å². The Bertz CT molecular complexity index is 1720. The first-order valence-corrected chi connectivity index (χ1v) is 25.1. The summed E-state index contributed by atoms with van der Waals surface area (Å²) in [6.45, 7) is 68.5. The zero-order chi connectivity index (χ0) is 51.4. The van der Waals surface area contributed by atoms with E-state index in [-0.39, 0.29) is 69.0 Å². The molecule has 0 spiro atoms. The van der Waals surface area contributed by atoms with Gasteiger partial charge in [-0.25, -0.2) is 4.98 Å². The molecule has 0 radical (unpaired) electrons. The molecule has 2 aliphatic heterocycles. The van der Waals surface area contributed by atoms with Gasteiger partial charge in [0.25, 0.3) is 0 Å². The minimum Gasteiger partial charge on any atom is -0.468 e. The summed E-state index contributed by atoms with van der Waals surface area (Å²) in [4.78, 5) is 15.0. The second-order valence-electron chi connectivity index (χ2n) is 28.5. The number of hydrogen-bond donors (Lipinski definition) is 0. The summed E-state index contributed by atoms with van der Waals surface area (Å²) in [5, 5.41) is 2.21. The number of hydrogen-bond acceptors (Lipinski definition) is 6. The number of rotatable bonds is 0. The molecule has 5 nitrogen and oxygen atoms in total. The first kappa shape index (κ1) is 66.1. The molecule has 0 N–H and O–H groups in total. The van der Waals surface area contributed by atoms with Crippen molar-refractivity contribution in [2.24, 2.45) is 31.6 Å². The number of oxazole rings is 1. The smallest absolute Gasteiger partial charge is 0.181 e. The summed E-state index contributed by atoms with van der Waals surface area (Å²) >= 11 is 1.88. The molecule has 67 heavy (non-hydrogen) atoms. The molecule has 2 aliphatic rings. The van der Waals surface area contributed by atoms with E-state index in [1.807, 2.05) is 11.3 Å². The van der Waals surface area contributed by atoms with Crippen LogP contribution in [-0.2, 0) is 32.5 Å². The van der Waals surface area contributed by atoms with E-state index in [4.69, 9.17) is 8.83 Å². The second kappa shape index (κ2) is 23.3. The van der Waals surface area contributed by atoms with Gasteiger partial charge in [-0.1, -0.05) is 235 Å². The summed E-state index contributed by atoms with van der Waals surface area (Å²) in [5.41, 5.74) is 11.1. The fraction of sp³-hybridized carbons (Fsp3) is 0.721. The van der Waals surface area contributed by atoms with Gasteiger partial charge >= 0.3 is 0 Å². The molecule has 0 atom stereocenters. The quantitative estimate of drug-likeness (QED) is 0.226. The van der Waals surface area contributed by atoms with Gasteiger partial charge < -0.3 is 8.83 Å². The van der Waals surface area contributed by atoms with Gasteiger partial charge in [0.15, 0.2) is 6.39 Å². The van der Waals surface area contributed by atoms with E-state index < -0.39 is 0 Å². The van der Waals surface area contributed by atoms with Crippen LogP contribution in [-0.4, -0.2) is 29.5 Å². The van der Waals surface area contributed by atoms with Crippen molar-refractivity contribution in [2.75, 3.05) is 13.1 Å². The predicted molar refractivity (Wildman–Crippen MR) is 304 cm³/mol. The van der Waals surface area contributed by atoms with Crippen LogP contribution in [0.2, 0.25) is 0 Å². The molecule has 0 amide bonds. The highest BCUT2D eigenvalue weighted by Gasteiger charge is 2.34. The maximum atomic E-state index is 5.56. The van der Waals surface area contributed by atoms with Gasteiger partial charge in [0.2, 0.25) is 0 Å². The molecule has 386 valence electrons. The lowest BCUT2D eigenvalue weighted by molar-refractivity contribution is 0.392. The highest BCUT2D eigenvalue weighted by atomic mass is 32.1. The molecule has 5 rings (SSSR count). The number of thiophene rings is 1. The van der Waals surface area contributed by atoms with Crippen LogP contribution >= 0.6 is 11.3 Å². The lowest BCUT2D eigenvalue weighted by atomic mass is 9.76. The van der Waals surface area contributed by atoms with Crippen LogP contribution in [0, 0.1) is 21.7 Å². The Hall–Kier alpha value is -2.99. The first-order valence-electron chi connectivity index (χ1n) is 24.3. The number of aromatic nitrogens is 1. The van der Waals surface area contributed by atoms with Crippen LogP contribution in [0.1, 0.15) is 256 Å². The van der Waals surface area contributed by atoms with Crippen LogP contribution in [0.3, 0.4) is 0 Å². The van der Waals surface area contributed by atoms with Crippen molar-refractivity contribution < 1.29 is 8.83 Å². The van der Waals surface area contributed by atoms with Gasteiger partial charge in [0, 0.05) is 43.4 Å². The Kier molecular flexibility index (Phi) is 23.0. The van der Waals surface area contributed by atoms with E-state index in [1.165, 1.54) is 38.6 Å². The highest BCUT2D eigenvalue weighted by molar-refractivity contribution is 7.10. The van der Waals surface area contributed by atoms with Crippen LogP contribution < -0.4 is 0 Å². The number of aliphatic imine (C=N–C) groups is 2. The van der Waals surface area contributed by atoms with Crippen molar-refractivity contribution in [3.63, 3.8) is 0 Å². The maximum Gasteiger partial charge on any atom is 0.181 e. The highest BCUT2D eigenvalue weighted by Crippen LogP contribution is 2.39. The van der Waals surface area contributed by atoms with E-state index in [2.05, 4.69) is 252 Å². The van der Waals surface area contributed by atoms with Gasteiger partial charge in [-0.2, -0.15) is 0 Å². The fourth-order valence-corrected chi connectivity index (χ4v) is 8.89. The molecule has 0 aliphatic carbocycles. The molecule has 3 aromatic heterocycles. The van der Waals surface area contributed by atoms with E-state index in [0.717, 1.165) is 30.3 Å². The Labute approximate surface area is 421 Å². The molecule has 0 aromatic carbocycles. The predicted octanol–water partition coefficient (Wildman–Crippen LogP) is 19.7. The van der Waals surface area contributed by atoms with E-state index in [0.29, 0.717) is 0 Å². The first-order chi connectivity index (χ1) is 28.6. The zero-order valence-electron chi connectivity index (χ0n) is 48.0. The van der Waals surface area contributed by atoms with Crippen LogP contribution in [0.5, 0.6) is 0 Å². The molecular formula is C61H109N3O2S. The minimum atomic E-state index is 0. The molecule has 0 saturated heterocycles. The summed E-state index contributed by atoms with van der Waals surface area (Å²) < 4.78 is 11.0. The zero-order valence-corrected chi connectivity index (χ0v) is 48.8. The topological polar surface area (TPSA) is 63.9 Å². The number of allylic oxidation sites excluding steroid dienone is 2. The number of nitrogens with zero attached hydrogens (tertiary/aromatic N) is 3. The molecule has 0 saturated carbocycles. The number of furan rings is 1. The molecule has 0 fully saturated rings. The Morgan fingerprint density at radius 1 is 0.403 bits per heavy atom. The fourth-order valence-electron chi connectivity index (χ4n) is 7.70. The summed E-state index contributed by atoms with van der Waals surface area (Å²) in [5.74, 6) is 2.11. The monoisotopic (exact) mass is 948 g/mol. The standard InChI is InChI=1S/2C12H21N.C12H20O.C12H20S.C11H19NO.2CH4/c4*1-11(2,3)9-7-8-13-10(9)12(4,5)6;1-10(2,3)8-9(11(4,5)6)13-7-12-8;;/h2*7H,8H2,1-6H3;2*7-8H,1-6H3;7H,1-6H3;2*1H4. The lowest BCUT2D eigenvalue weighted by Crippen LogP contribution is -2.27. The molecule has 0 bridgehead atoms. The summed E-state index contributed by atoms with van der Waals surface area (Å²) in [7, 11) is 0. The average molecular weight is 949 g/mol. The third-order valence-corrected chi connectivity index (χ3v) is 12.2. The van der Waals surface area contributed by atoms with Crippen LogP contribution in [0.25, 0.3) is 0 Å². The lowest BCUT2D eigenvalue weighted by Gasteiger charge is -2.29. The van der Waals surface area contributed by atoms with Crippen molar-refractivity contribution in [1.82, 2.24) is 4.98 Å². The van der Waals surface area contributed by atoms with E-state index in [1.54, 1.807) is 12.7 Å². The van der Waals surface area contributed by atoms with Gasteiger partial charge in [-0.15, -0.1) is 11.3 Å². The third-order valence-electron chi connectivity index (χ3n) is 10.9. The van der Waals surface area contributed by atoms with Gasteiger partial charge in [-0.05, 0) is 66.9 Å². The summed E-state index contributed by atoms with van der Waals surface area (Å²) in [6, 6.07) is 4.35. The van der Waals surface area contributed by atoms with Crippen LogP contribution in [0.15, 0.2) is 72.3 Å². The summed E-state index contributed by atoms with van der Waals surface area (Å²) in [6.07, 6.45) is 7.86. The average Bonchev–Trinajstić information content (AvgIpc) is 3.92. The van der Waals surface area contributed by atoms with Gasteiger partial charge in [-0.3, -0.25) is 9.98 Å². The van der Waals surface area contributed by atoms with Crippen molar-refractivity contribution >= 4 is 22.8 Å². The minimum absolute atomic E-state index is 0. The Morgan fingerprint density at radius 3 is 1.03 bits per heavy atom. The van der Waals surface area contributed by atoms with E-state index >= 15 is 0 Å². The van der Waals surface area contributed by atoms with Crippen molar-refractivity contribution in [3.05, 3.63) is 86.7 Å². The third kappa shape index (κ3) is 20.5. The van der Waals surface area contributed by atoms with Crippen molar-refractivity contribution in [3.8, 4) is 0 Å². The second-order valence-corrected chi connectivity index (χ2v) is 29.4. The van der Waals surface area contributed by atoms with Crippen molar-refractivity contribution in [2.45, 2.75) is 255 Å². The molecule has 3 aromatic rings. The van der Waals surface area contributed by atoms with Gasteiger partial charge in [0.05, 0.1) is 25.0 Å². The normalized spacial score (nSPS) is 15.0. The Balaban J connectivity index is 0. The Morgan fingerprint density at radius 2 is 0.791 bits per heavy atom. The maximum absolute atomic E-state index is 5.56. The molecule has 6 heteroatoms. The molecule has 0 unspecified atom stereocenters. The molecular weight excluding hydrogens is 839 g/mol. The SMILES string of the molecule is C.C.CC(C)(C)C1=CCN=C1C(C)(C)C.CC(C)(C)C1=CCN=C1C(C)(C)C.CC(C)(C)c1ccoc1C(C)(C)C.CC(C)(C)c1ccsc1C(C)(C)C.CC(C)(C)c1ncoc1C(C)(C)C. The largest absolute Gasteiger partial charge is 0.468 e. The molecule has 5 heterocycles. The van der Waals surface area contributed by atoms with E-state index in [9.17, 15) is 0 Å². The van der Waals surface area contributed by atoms with Gasteiger partial charge in [0.1, 0.15) is 11.5 Å².